The third-order valence-electron chi connectivity index (χ3n) is 5.57. The van der Waals surface area contributed by atoms with Crippen LogP contribution in [-0.2, 0) is 0 Å². The summed E-state index contributed by atoms with van der Waals surface area (Å²) in [6.07, 6.45) is 13.2. The summed E-state index contributed by atoms with van der Waals surface area (Å²) < 4.78 is 0. The van der Waals surface area contributed by atoms with Crippen molar-refractivity contribution in [2.24, 2.45) is 11.1 Å². The van der Waals surface area contributed by atoms with Crippen molar-refractivity contribution in [3.63, 3.8) is 0 Å². The summed E-state index contributed by atoms with van der Waals surface area (Å²) in [5.74, 6) is 0. The number of hydrogen-bond donors (Lipinski definition) is 1. The minimum Gasteiger partial charge on any atom is -0.329 e. The highest BCUT2D eigenvalue weighted by Crippen LogP contribution is 2.54. The topological polar surface area (TPSA) is 29.3 Å². The Labute approximate surface area is 99.6 Å². The Bertz CT molecular complexity index is 245. The summed E-state index contributed by atoms with van der Waals surface area (Å²) in [6, 6.07) is 1.62. The average molecular weight is 222 g/mol. The van der Waals surface area contributed by atoms with Gasteiger partial charge in [0.2, 0.25) is 0 Å². The van der Waals surface area contributed by atoms with Crippen molar-refractivity contribution in [2.75, 3.05) is 13.1 Å². The standard InChI is InChI=1S/C14H26N2/c15-11-12-5-4-10-16(12)13-6-9-14(13)7-2-1-3-8-14/h12-13H,1-11,15H2. The molecule has 0 bridgehead atoms. The Morgan fingerprint density at radius 1 is 1.00 bits per heavy atom. The first-order chi connectivity index (χ1) is 7.86. The minimum atomic E-state index is 0.712. The number of hydrogen-bond acceptors (Lipinski definition) is 2. The van der Waals surface area contributed by atoms with Crippen LogP contribution in [0, 0.1) is 5.41 Å². The normalized spacial score (nSPS) is 38.8. The van der Waals surface area contributed by atoms with Crippen molar-refractivity contribution in [2.45, 2.75) is 69.9 Å². The molecule has 2 atom stereocenters. The van der Waals surface area contributed by atoms with E-state index in [2.05, 4.69) is 4.90 Å². The molecule has 1 spiro atoms. The lowest BCUT2D eigenvalue weighted by atomic mass is 9.56. The van der Waals surface area contributed by atoms with E-state index in [1.54, 1.807) is 0 Å². The molecule has 0 aromatic heterocycles. The van der Waals surface area contributed by atoms with Gasteiger partial charge in [-0.1, -0.05) is 19.3 Å². The molecular formula is C14H26N2. The fourth-order valence-electron chi connectivity index (χ4n) is 4.56. The lowest BCUT2D eigenvalue weighted by molar-refractivity contribution is -0.0570. The molecule has 2 aliphatic carbocycles. The maximum atomic E-state index is 5.92. The molecule has 2 N–H and O–H groups in total. The quantitative estimate of drug-likeness (QED) is 0.778. The van der Waals surface area contributed by atoms with E-state index in [4.69, 9.17) is 5.73 Å². The van der Waals surface area contributed by atoms with Crippen molar-refractivity contribution in [3.05, 3.63) is 0 Å². The molecule has 3 aliphatic rings. The molecule has 0 radical (unpaired) electrons. The van der Waals surface area contributed by atoms with Crippen LogP contribution in [0.2, 0.25) is 0 Å². The lowest BCUT2D eigenvalue weighted by Gasteiger charge is -2.57. The molecule has 2 unspecified atom stereocenters. The molecule has 1 heterocycles. The molecule has 92 valence electrons. The van der Waals surface area contributed by atoms with Crippen LogP contribution in [0.5, 0.6) is 0 Å². The van der Waals surface area contributed by atoms with Gasteiger partial charge >= 0.3 is 0 Å². The van der Waals surface area contributed by atoms with E-state index in [9.17, 15) is 0 Å². The first-order valence-corrected chi connectivity index (χ1v) is 7.31. The highest BCUT2D eigenvalue weighted by molar-refractivity contribution is 5.05. The van der Waals surface area contributed by atoms with E-state index in [0.717, 1.165) is 18.0 Å². The number of nitrogens with zero attached hydrogens (tertiary/aromatic N) is 1. The second-order valence-electron chi connectivity index (χ2n) is 6.25. The Morgan fingerprint density at radius 3 is 2.44 bits per heavy atom. The molecule has 0 aromatic rings. The molecule has 0 aromatic carbocycles. The van der Waals surface area contributed by atoms with Gasteiger partial charge in [0.05, 0.1) is 0 Å². The van der Waals surface area contributed by atoms with Gasteiger partial charge in [0, 0.05) is 18.6 Å². The van der Waals surface area contributed by atoms with Gasteiger partial charge in [0.25, 0.3) is 0 Å². The summed E-state index contributed by atoms with van der Waals surface area (Å²) >= 11 is 0. The highest BCUT2D eigenvalue weighted by atomic mass is 15.2. The molecule has 1 saturated heterocycles. The second kappa shape index (κ2) is 4.30. The third kappa shape index (κ3) is 1.62. The van der Waals surface area contributed by atoms with Crippen LogP contribution in [0.4, 0.5) is 0 Å². The largest absolute Gasteiger partial charge is 0.329 e. The van der Waals surface area contributed by atoms with E-state index in [1.807, 2.05) is 0 Å². The van der Waals surface area contributed by atoms with Gasteiger partial charge < -0.3 is 5.73 Å². The Kier molecular flexibility index (Phi) is 2.97. The second-order valence-corrected chi connectivity index (χ2v) is 6.25. The highest BCUT2D eigenvalue weighted by Gasteiger charge is 2.51. The van der Waals surface area contributed by atoms with Crippen LogP contribution in [0.15, 0.2) is 0 Å². The van der Waals surface area contributed by atoms with Crippen molar-refractivity contribution < 1.29 is 0 Å². The molecule has 3 rings (SSSR count). The van der Waals surface area contributed by atoms with E-state index in [-0.39, 0.29) is 0 Å². The summed E-state index contributed by atoms with van der Waals surface area (Å²) in [5, 5.41) is 0. The Morgan fingerprint density at radius 2 is 1.81 bits per heavy atom. The van der Waals surface area contributed by atoms with Crippen molar-refractivity contribution in [1.82, 2.24) is 4.90 Å². The maximum absolute atomic E-state index is 5.92. The Hall–Kier alpha value is -0.0800. The van der Waals surface area contributed by atoms with Crippen LogP contribution in [-0.4, -0.2) is 30.1 Å². The van der Waals surface area contributed by atoms with Crippen molar-refractivity contribution >= 4 is 0 Å². The van der Waals surface area contributed by atoms with Crippen LogP contribution >= 0.6 is 0 Å². The molecule has 2 nitrogen and oxygen atoms in total. The first-order valence-electron chi connectivity index (χ1n) is 7.31. The SMILES string of the molecule is NCC1CCCN1C1CCC12CCCCC2. The first kappa shape index (κ1) is 11.0. The van der Waals surface area contributed by atoms with Crippen LogP contribution in [0.3, 0.4) is 0 Å². The van der Waals surface area contributed by atoms with E-state index in [1.165, 1.54) is 64.3 Å². The minimum absolute atomic E-state index is 0.712. The zero-order valence-electron chi connectivity index (χ0n) is 10.5. The van der Waals surface area contributed by atoms with Gasteiger partial charge in [0.15, 0.2) is 0 Å². The predicted molar refractivity (Wildman–Crippen MR) is 67.3 cm³/mol. The maximum Gasteiger partial charge on any atom is 0.0222 e. The van der Waals surface area contributed by atoms with Crippen molar-refractivity contribution in [1.29, 1.82) is 0 Å². The zero-order valence-corrected chi connectivity index (χ0v) is 10.5. The van der Waals surface area contributed by atoms with Crippen LogP contribution < -0.4 is 5.73 Å². The summed E-state index contributed by atoms with van der Waals surface area (Å²) in [5.41, 5.74) is 6.65. The molecule has 2 heteroatoms. The molecule has 2 saturated carbocycles. The van der Waals surface area contributed by atoms with Gasteiger partial charge in [-0.05, 0) is 50.5 Å². The average Bonchev–Trinajstić information content (AvgIpc) is 2.77. The molecule has 1 aliphatic heterocycles. The number of nitrogens with two attached hydrogens (primary N) is 1. The Balaban J connectivity index is 1.70. The fourth-order valence-corrected chi connectivity index (χ4v) is 4.56. The number of likely N-dealkylation sites (tertiary alicyclic amines) is 1. The van der Waals surface area contributed by atoms with E-state index < -0.39 is 0 Å². The number of rotatable bonds is 2. The van der Waals surface area contributed by atoms with Crippen molar-refractivity contribution in [3.8, 4) is 0 Å². The van der Waals surface area contributed by atoms with Gasteiger partial charge in [-0.25, -0.2) is 0 Å². The fraction of sp³-hybridized carbons (Fsp3) is 1.00. The van der Waals surface area contributed by atoms with E-state index >= 15 is 0 Å². The molecular weight excluding hydrogens is 196 g/mol. The summed E-state index contributed by atoms with van der Waals surface area (Å²) in [7, 11) is 0. The van der Waals surface area contributed by atoms with Gasteiger partial charge in [-0.3, -0.25) is 4.90 Å². The molecule has 0 amide bonds. The smallest absolute Gasteiger partial charge is 0.0222 e. The third-order valence-corrected chi connectivity index (χ3v) is 5.57. The lowest BCUT2D eigenvalue weighted by Crippen LogP contribution is -2.58. The van der Waals surface area contributed by atoms with Gasteiger partial charge in [0.1, 0.15) is 0 Å². The van der Waals surface area contributed by atoms with Gasteiger partial charge in [-0.15, -0.1) is 0 Å². The predicted octanol–water partition coefficient (Wildman–Crippen LogP) is 2.52. The zero-order chi connectivity index (χ0) is 11.0. The van der Waals surface area contributed by atoms with Gasteiger partial charge in [-0.2, -0.15) is 0 Å². The van der Waals surface area contributed by atoms with Crippen LogP contribution in [0.25, 0.3) is 0 Å². The molecule has 3 fully saturated rings. The van der Waals surface area contributed by atoms with E-state index in [0.29, 0.717) is 6.04 Å². The summed E-state index contributed by atoms with van der Waals surface area (Å²) in [6.45, 7) is 2.21. The summed E-state index contributed by atoms with van der Waals surface area (Å²) in [4.78, 5) is 2.79. The van der Waals surface area contributed by atoms with Crippen LogP contribution in [0.1, 0.15) is 57.8 Å². The molecule has 16 heavy (non-hydrogen) atoms. The monoisotopic (exact) mass is 222 g/mol.